The van der Waals surface area contributed by atoms with Crippen LogP contribution >= 0.6 is 0 Å². The topological polar surface area (TPSA) is 89.5 Å². The third-order valence-electron chi connectivity index (χ3n) is 4.30. The van der Waals surface area contributed by atoms with Crippen LogP contribution in [0.1, 0.15) is 44.7 Å². The van der Waals surface area contributed by atoms with Crippen LogP contribution < -0.4 is 5.32 Å². The highest BCUT2D eigenvalue weighted by atomic mass is 32.2. The third kappa shape index (κ3) is 4.03. The van der Waals surface area contributed by atoms with Crippen LogP contribution in [-0.4, -0.2) is 43.4 Å². The molecule has 3 atom stereocenters. The van der Waals surface area contributed by atoms with Gasteiger partial charge in [-0.1, -0.05) is 31.2 Å². The number of hydrogen-bond acceptors (Lipinski definition) is 5. The Hall–Kier alpha value is -1.89. The quantitative estimate of drug-likeness (QED) is 0.806. The molecule has 0 unspecified atom stereocenters. The van der Waals surface area contributed by atoms with E-state index in [0.29, 0.717) is 11.8 Å². The highest BCUT2D eigenvalue weighted by molar-refractivity contribution is 7.91. The van der Waals surface area contributed by atoms with Crippen molar-refractivity contribution in [3.63, 3.8) is 0 Å². The van der Waals surface area contributed by atoms with Crippen molar-refractivity contribution in [2.24, 2.45) is 0 Å². The largest absolute Gasteiger partial charge is 0.444 e. The summed E-state index contributed by atoms with van der Waals surface area (Å²) in [6, 6.07) is 7.42. The zero-order valence-corrected chi connectivity index (χ0v) is 16.0. The van der Waals surface area contributed by atoms with Crippen LogP contribution in [-0.2, 0) is 25.8 Å². The van der Waals surface area contributed by atoms with E-state index in [1.54, 1.807) is 20.8 Å². The Morgan fingerprint density at radius 2 is 1.84 bits per heavy atom. The van der Waals surface area contributed by atoms with E-state index in [2.05, 4.69) is 5.32 Å². The lowest BCUT2D eigenvalue weighted by Crippen LogP contribution is -2.45. The number of carbonyl (C=O) groups excluding carboxylic acids is 2. The van der Waals surface area contributed by atoms with Crippen molar-refractivity contribution in [2.75, 3.05) is 6.26 Å². The van der Waals surface area contributed by atoms with Crippen molar-refractivity contribution in [3.05, 3.63) is 35.4 Å². The molecule has 1 aromatic carbocycles. The Balaban J connectivity index is 2.36. The molecule has 1 saturated carbocycles. The molecule has 0 saturated heterocycles. The lowest BCUT2D eigenvalue weighted by atomic mass is 10.0. The van der Waals surface area contributed by atoms with E-state index in [1.807, 2.05) is 31.2 Å². The summed E-state index contributed by atoms with van der Waals surface area (Å²) in [5.41, 5.74) is -0.432. The summed E-state index contributed by atoms with van der Waals surface area (Å²) in [4.78, 5) is 24.0. The molecule has 0 radical (unpaired) electrons. The molecule has 0 aliphatic heterocycles. The predicted molar refractivity (Wildman–Crippen MR) is 95.4 cm³/mol. The number of sulfone groups is 1. The van der Waals surface area contributed by atoms with Gasteiger partial charge in [-0.3, -0.25) is 0 Å². The highest BCUT2D eigenvalue weighted by Crippen LogP contribution is 2.54. The Morgan fingerprint density at radius 3 is 2.24 bits per heavy atom. The molecule has 7 heteroatoms. The molecule has 0 bridgehead atoms. The first-order chi connectivity index (χ1) is 11.4. The average Bonchev–Trinajstić information content (AvgIpc) is 3.14. The molecule has 1 aliphatic carbocycles. The molecule has 0 spiro atoms. The summed E-state index contributed by atoms with van der Waals surface area (Å²) >= 11 is 0. The van der Waals surface area contributed by atoms with Gasteiger partial charge in [-0.15, -0.1) is 0 Å². The first-order valence-electron chi connectivity index (χ1n) is 8.20. The maximum atomic E-state index is 12.2. The van der Waals surface area contributed by atoms with Crippen molar-refractivity contribution in [1.29, 1.82) is 0 Å². The number of aldehydes is 1. The van der Waals surface area contributed by atoms with Crippen LogP contribution in [0.2, 0.25) is 0 Å². The minimum atomic E-state index is -3.55. The maximum absolute atomic E-state index is 12.2. The molecular weight excluding hydrogens is 342 g/mol. The van der Waals surface area contributed by atoms with Gasteiger partial charge >= 0.3 is 6.09 Å². The van der Waals surface area contributed by atoms with Gasteiger partial charge in [0, 0.05) is 12.2 Å². The predicted octanol–water partition coefficient (Wildman–Crippen LogP) is 2.22. The van der Waals surface area contributed by atoms with Crippen molar-refractivity contribution in [2.45, 2.75) is 56.4 Å². The highest BCUT2D eigenvalue weighted by Gasteiger charge is 2.71. The fraction of sp³-hybridized carbons (Fsp3) is 0.556. The van der Waals surface area contributed by atoms with Gasteiger partial charge in [0.1, 0.15) is 22.7 Å². The molecule has 1 N–H and O–H groups in total. The average molecular weight is 367 g/mol. The molecule has 1 fully saturated rings. The smallest absolute Gasteiger partial charge is 0.408 e. The number of benzene rings is 1. The minimum Gasteiger partial charge on any atom is -0.444 e. The number of carbonyl (C=O) groups is 2. The number of rotatable bonds is 5. The first kappa shape index (κ1) is 19.4. The lowest BCUT2D eigenvalue weighted by Gasteiger charge is -2.22. The molecule has 0 aromatic heterocycles. The van der Waals surface area contributed by atoms with E-state index in [1.165, 1.54) is 0 Å². The van der Waals surface area contributed by atoms with Gasteiger partial charge in [-0.05, 0) is 38.3 Å². The van der Waals surface area contributed by atoms with Crippen LogP contribution in [0.25, 0.3) is 0 Å². The number of amides is 1. The Morgan fingerprint density at radius 1 is 1.28 bits per heavy atom. The fourth-order valence-electron chi connectivity index (χ4n) is 3.19. The minimum absolute atomic E-state index is 0.515. The van der Waals surface area contributed by atoms with Crippen LogP contribution in [0.15, 0.2) is 24.3 Å². The summed E-state index contributed by atoms with van der Waals surface area (Å²) < 4.78 is 29.6. The second-order valence-corrected chi connectivity index (χ2v) is 9.67. The summed E-state index contributed by atoms with van der Waals surface area (Å²) in [6.07, 6.45) is 1.64. The number of ether oxygens (including phenoxy) is 1. The Kier molecular flexibility index (Phi) is 5.01. The standard InChI is InChI=1S/C18H25NO5S/c1-6-12-7-9-13(10-8-12)14-15(25(5,22)23)18(14,11-20)19-16(21)24-17(2,3)4/h7-11,14-15H,6H2,1-5H3,(H,19,21)/t14-,15-,18+/m0/s1. The number of hydrogen-bond donors (Lipinski definition) is 1. The molecule has 1 amide bonds. The van der Waals surface area contributed by atoms with Crippen molar-refractivity contribution < 1.29 is 22.7 Å². The summed E-state index contributed by atoms with van der Waals surface area (Å²) in [5.74, 6) is -0.626. The molecular formula is C18H25NO5S. The number of nitrogens with one attached hydrogen (secondary N) is 1. The molecule has 138 valence electrons. The van der Waals surface area contributed by atoms with E-state index in [-0.39, 0.29) is 0 Å². The summed E-state index contributed by atoms with van der Waals surface area (Å²) in [6.45, 7) is 7.11. The van der Waals surface area contributed by atoms with Gasteiger partial charge in [-0.25, -0.2) is 13.2 Å². The van der Waals surface area contributed by atoms with E-state index in [4.69, 9.17) is 4.74 Å². The van der Waals surface area contributed by atoms with E-state index in [9.17, 15) is 18.0 Å². The van der Waals surface area contributed by atoms with Gasteiger partial charge in [0.05, 0.1) is 0 Å². The Labute approximate surface area is 148 Å². The molecule has 1 aromatic rings. The van der Waals surface area contributed by atoms with Crippen LogP contribution in [0.5, 0.6) is 0 Å². The van der Waals surface area contributed by atoms with Gasteiger partial charge in [0.25, 0.3) is 0 Å². The van der Waals surface area contributed by atoms with Gasteiger partial charge in [-0.2, -0.15) is 0 Å². The fourth-order valence-corrected chi connectivity index (χ4v) is 4.95. The van der Waals surface area contributed by atoms with Gasteiger partial charge in [0.15, 0.2) is 9.84 Å². The van der Waals surface area contributed by atoms with Gasteiger partial charge in [0.2, 0.25) is 0 Å². The number of aryl methyl sites for hydroxylation is 1. The molecule has 25 heavy (non-hydrogen) atoms. The van der Waals surface area contributed by atoms with E-state index >= 15 is 0 Å². The Bertz CT molecular complexity index is 764. The summed E-state index contributed by atoms with van der Waals surface area (Å²) in [7, 11) is -3.55. The monoisotopic (exact) mass is 367 g/mol. The van der Waals surface area contributed by atoms with Crippen molar-refractivity contribution >= 4 is 22.2 Å². The number of alkyl carbamates (subject to hydrolysis) is 1. The zero-order valence-electron chi connectivity index (χ0n) is 15.2. The molecule has 0 heterocycles. The molecule has 2 rings (SSSR count). The van der Waals surface area contributed by atoms with E-state index < -0.39 is 38.2 Å². The normalized spacial score (nSPS) is 26.0. The molecule has 6 nitrogen and oxygen atoms in total. The van der Waals surface area contributed by atoms with Crippen molar-refractivity contribution in [1.82, 2.24) is 5.32 Å². The van der Waals surface area contributed by atoms with Crippen LogP contribution in [0.4, 0.5) is 4.79 Å². The van der Waals surface area contributed by atoms with E-state index in [0.717, 1.165) is 18.2 Å². The zero-order chi connectivity index (χ0) is 19.0. The summed E-state index contributed by atoms with van der Waals surface area (Å²) in [5, 5.41) is 1.50. The molecule has 1 aliphatic rings. The second-order valence-electron chi connectivity index (χ2n) is 7.50. The maximum Gasteiger partial charge on any atom is 0.408 e. The van der Waals surface area contributed by atoms with Crippen LogP contribution in [0.3, 0.4) is 0 Å². The first-order valence-corrected chi connectivity index (χ1v) is 10.1. The van der Waals surface area contributed by atoms with Crippen LogP contribution in [0, 0.1) is 0 Å². The van der Waals surface area contributed by atoms with Crippen molar-refractivity contribution in [3.8, 4) is 0 Å². The van der Waals surface area contributed by atoms with Gasteiger partial charge < -0.3 is 14.8 Å². The lowest BCUT2D eigenvalue weighted by molar-refractivity contribution is -0.110. The third-order valence-corrected chi connectivity index (χ3v) is 5.88. The second kappa shape index (κ2) is 6.44. The SMILES string of the molecule is CCc1ccc([C@H]2[C@H](S(C)(=O)=O)[C@]2(C=O)NC(=O)OC(C)(C)C)cc1.